The average Bonchev–Trinajstić information content (AvgIpc) is 3.03. The Balaban J connectivity index is 1.67. The second-order valence-electron chi connectivity index (χ2n) is 7.19. The van der Waals surface area contributed by atoms with E-state index in [0.717, 1.165) is 19.5 Å². The fraction of sp³-hybridized carbons (Fsp3) is 0.650. The zero-order valence-electron chi connectivity index (χ0n) is 14.6. The lowest BCUT2D eigenvalue weighted by molar-refractivity contribution is -0.136. The van der Waals surface area contributed by atoms with Crippen molar-refractivity contribution in [2.75, 3.05) is 19.6 Å². The molecule has 0 N–H and O–H groups in total. The number of carbonyl (C=O) groups is 1. The van der Waals surface area contributed by atoms with E-state index in [0.29, 0.717) is 24.5 Å². The first kappa shape index (κ1) is 16.5. The number of nitrogens with zero attached hydrogens (tertiary/aromatic N) is 2. The molecule has 0 aliphatic carbocycles. The third kappa shape index (κ3) is 3.77. The van der Waals surface area contributed by atoms with Crippen LogP contribution in [0.15, 0.2) is 24.3 Å². The van der Waals surface area contributed by atoms with Gasteiger partial charge in [-0.25, -0.2) is 0 Å². The van der Waals surface area contributed by atoms with Crippen molar-refractivity contribution in [3.05, 3.63) is 35.4 Å². The molecule has 2 aliphatic heterocycles. The highest BCUT2D eigenvalue weighted by atomic mass is 16.2. The van der Waals surface area contributed by atoms with Crippen LogP contribution in [0, 0.1) is 6.92 Å². The van der Waals surface area contributed by atoms with Crippen LogP contribution in [0.1, 0.15) is 62.6 Å². The van der Waals surface area contributed by atoms with Gasteiger partial charge in [-0.05, 0) is 57.6 Å². The number of piperidine rings is 1. The average molecular weight is 314 g/mol. The highest BCUT2D eigenvalue weighted by Gasteiger charge is 2.31. The standard InChI is InChI=1S/C20H30N2O/c1-3-18-10-4-5-13-22(18)20(23)15-21-12-7-11-19(21)17-9-6-8-16(2)14-17/h6,8-9,14,18-19H,3-5,7,10-13,15H2,1-2H3/t18-,19-/m0/s1. The van der Waals surface area contributed by atoms with Gasteiger partial charge in [0.15, 0.2) is 0 Å². The molecule has 3 nitrogen and oxygen atoms in total. The highest BCUT2D eigenvalue weighted by Crippen LogP contribution is 2.32. The first-order valence-electron chi connectivity index (χ1n) is 9.29. The van der Waals surface area contributed by atoms with Gasteiger partial charge < -0.3 is 4.90 Å². The summed E-state index contributed by atoms with van der Waals surface area (Å²) >= 11 is 0. The van der Waals surface area contributed by atoms with Crippen molar-refractivity contribution in [1.82, 2.24) is 9.80 Å². The molecule has 2 atom stereocenters. The first-order chi connectivity index (χ1) is 11.2. The summed E-state index contributed by atoms with van der Waals surface area (Å²) in [5.41, 5.74) is 2.68. The SMILES string of the molecule is CC[C@H]1CCCCN1C(=O)CN1CCC[C@H]1c1cccc(C)c1. The Morgan fingerprint density at radius 2 is 2.04 bits per heavy atom. The molecule has 0 aromatic heterocycles. The van der Waals surface area contributed by atoms with E-state index >= 15 is 0 Å². The van der Waals surface area contributed by atoms with Crippen LogP contribution in [0.3, 0.4) is 0 Å². The van der Waals surface area contributed by atoms with Crippen LogP contribution >= 0.6 is 0 Å². The molecule has 0 unspecified atom stereocenters. The third-order valence-corrected chi connectivity index (χ3v) is 5.55. The molecule has 0 radical (unpaired) electrons. The van der Waals surface area contributed by atoms with Crippen LogP contribution in [-0.2, 0) is 4.79 Å². The Morgan fingerprint density at radius 1 is 1.17 bits per heavy atom. The lowest BCUT2D eigenvalue weighted by Crippen LogP contribution is -2.47. The second-order valence-corrected chi connectivity index (χ2v) is 7.19. The van der Waals surface area contributed by atoms with Crippen LogP contribution in [0.5, 0.6) is 0 Å². The predicted octanol–water partition coefficient (Wildman–Crippen LogP) is 3.92. The topological polar surface area (TPSA) is 23.6 Å². The summed E-state index contributed by atoms with van der Waals surface area (Å²) in [5.74, 6) is 0.344. The van der Waals surface area contributed by atoms with E-state index in [1.165, 1.54) is 43.2 Å². The van der Waals surface area contributed by atoms with Gasteiger partial charge in [-0.2, -0.15) is 0 Å². The zero-order valence-corrected chi connectivity index (χ0v) is 14.6. The maximum Gasteiger partial charge on any atom is 0.237 e. The number of carbonyl (C=O) groups excluding carboxylic acids is 1. The van der Waals surface area contributed by atoms with Crippen LogP contribution in [0.4, 0.5) is 0 Å². The smallest absolute Gasteiger partial charge is 0.237 e. The van der Waals surface area contributed by atoms with Crippen LogP contribution in [0.25, 0.3) is 0 Å². The maximum absolute atomic E-state index is 12.9. The van der Waals surface area contributed by atoms with Gasteiger partial charge >= 0.3 is 0 Å². The van der Waals surface area contributed by atoms with Crippen molar-refractivity contribution in [3.8, 4) is 0 Å². The fourth-order valence-electron chi connectivity index (χ4n) is 4.29. The molecule has 3 heteroatoms. The minimum absolute atomic E-state index is 0.344. The van der Waals surface area contributed by atoms with Crippen molar-refractivity contribution in [2.45, 2.75) is 64.5 Å². The van der Waals surface area contributed by atoms with E-state index in [9.17, 15) is 4.79 Å². The molecule has 2 aliphatic rings. The number of amides is 1. The number of hydrogen-bond acceptors (Lipinski definition) is 2. The molecule has 2 fully saturated rings. The van der Waals surface area contributed by atoms with Crippen molar-refractivity contribution in [2.24, 2.45) is 0 Å². The molecule has 0 saturated carbocycles. The van der Waals surface area contributed by atoms with Gasteiger partial charge in [0.05, 0.1) is 6.54 Å². The summed E-state index contributed by atoms with van der Waals surface area (Å²) in [6, 6.07) is 9.67. The molecule has 1 amide bonds. The van der Waals surface area contributed by atoms with Gasteiger partial charge in [0.2, 0.25) is 5.91 Å². The number of aryl methyl sites for hydroxylation is 1. The Bertz CT molecular complexity index is 542. The molecule has 1 aromatic rings. The van der Waals surface area contributed by atoms with Gasteiger partial charge in [0.25, 0.3) is 0 Å². The highest BCUT2D eigenvalue weighted by molar-refractivity contribution is 5.78. The molecule has 126 valence electrons. The van der Waals surface area contributed by atoms with E-state index in [2.05, 4.69) is 47.9 Å². The Morgan fingerprint density at radius 3 is 2.83 bits per heavy atom. The van der Waals surface area contributed by atoms with Crippen molar-refractivity contribution >= 4 is 5.91 Å². The minimum Gasteiger partial charge on any atom is -0.339 e. The monoisotopic (exact) mass is 314 g/mol. The van der Waals surface area contributed by atoms with Crippen molar-refractivity contribution < 1.29 is 4.79 Å². The van der Waals surface area contributed by atoms with E-state index < -0.39 is 0 Å². The van der Waals surface area contributed by atoms with Crippen LogP contribution < -0.4 is 0 Å². The quantitative estimate of drug-likeness (QED) is 0.841. The van der Waals surface area contributed by atoms with Crippen molar-refractivity contribution in [3.63, 3.8) is 0 Å². The van der Waals surface area contributed by atoms with Gasteiger partial charge in [0, 0.05) is 18.6 Å². The van der Waals surface area contributed by atoms with Gasteiger partial charge in [-0.15, -0.1) is 0 Å². The van der Waals surface area contributed by atoms with Gasteiger partial charge in [-0.1, -0.05) is 36.8 Å². The number of benzene rings is 1. The third-order valence-electron chi connectivity index (χ3n) is 5.55. The van der Waals surface area contributed by atoms with Gasteiger partial charge in [0.1, 0.15) is 0 Å². The minimum atomic E-state index is 0.344. The lowest BCUT2D eigenvalue weighted by Gasteiger charge is -2.37. The maximum atomic E-state index is 12.9. The predicted molar refractivity (Wildman–Crippen MR) is 94.4 cm³/mol. The molecular formula is C20H30N2O. The molecular weight excluding hydrogens is 284 g/mol. The summed E-state index contributed by atoms with van der Waals surface area (Å²) in [5, 5.41) is 0. The lowest BCUT2D eigenvalue weighted by atomic mass is 9.99. The largest absolute Gasteiger partial charge is 0.339 e. The first-order valence-corrected chi connectivity index (χ1v) is 9.29. The van der Waals surface area contributed by atoms with E-state index in [1.54, 1.807) is 0 Å². The molecule has 0 spiro atoms. The number of hydrogen-bond donors (Lipinski definition) is 0. The van der Waals surface area contributed by atoms with E-state index in [1.807, 2.05) is 0 Å². The summed E-state index contributed by atoms with van der Waals surface area (Å²) in [4.78, 5) is 17.4. The summed E-state index contributed by atoms with van der Waals surface area (Å²) in [6.45, 7) is 6.96. The molecule has 1 aromatic carbocycles. The fourth-order valence-corrected chi connectivity index (χ4v) is 4.29. The summed E-state index contributed by atoms with van der Waals surface area (Å²) < 4.78 is 0. The summed E-state index contributed by atoms with van der Waals surface area (Å²) in [6.07, 6.45) is 7.09. The second kappa shape index (κ2) is 7.48. The van der Waals surface area contributed by atoms with E-state index in [-0.39, 0.29) is 0 Å². The van der Waals surface area contributed by atoms with Gasteiger partial charge in [-0.3, -0.25) is 9.69 Å². The Kier molecular flexibility index (Phi) is 5.37. The van der Waals surface area contributed by atoms with Crippen LogP contribution in [0.2, 0.25) is 0 Å². The molecule has 2 saturated heterocycles. The Hall–Kier alpha value is -1.35. The number of likely N-dealkylation sites (tertiary alicyclic amines) is 2. The molecule has 3 rings (SSSR count). The molecule has 0 bridgehead atoms. The van der Waals surface area contributed by atoms with Crippen molar-refractivity contribution in [1.29, 1.82) is 0 Å². The zero-order chi connectivity index (χ0) is 16.2. The van der Waals surface area contributed by atoms with E-state index in [4.69, 9.17) is 0 Å². The molecule has 23 heavy (non-hydrogen) atoms. The Labute approximate surface area is 140 Å². The van der Waals surface area contributed by atoms with Crippen LogP contribution in [-0.4, -0.2) is 41.4 Å². The normalized spacial score (nSPS) is 25.7. The summed E-state index contributed by atoms with van der Waals surface area (Å²) in [7, 11) is 0. The molecule has 2 heterocycles. The number of rotatable bonds is 4.